The van der Waals surface area contributed by atoms with Crippen LogP contribution in [0.2, 0.25) is 0 Å². The highest BCUT2D eigenvalue weighted by atomic mass is 16.5. The summed E-state index contributed by atoms with van der Waals surface area (Å²) >= 11 is 0. The number of benzene rings is 1. The zero-order valence-electron chi connectivity index (χ0n) is 33.8. The summed E-state index contributed by atoms with van der Waals surface area (Å²) in [7, 11) is 0. The molecule has 3 unspecified atom stereocenters. The summed E-state index contributed by atoms with van der Waals surface area (Å²) in [5.41, 5.74) is 3.77. The van der Waals surface area contributed by atoms with Gasteiger partial charge in [0.05, 0.1) is 17.9 Å². The van der Waals surface area contributed by atoms with Crippen LogP contribution in [0.5, 0.6) is 0 Å². The molecule has 8 rings (SSSR count). The molecule has 53 heavy (non-hydrogen) atoms. The third-order valence-electron chi connectivity index (χ3n) is 18.1. The molecule has 0 bridgehead atoms. The van der Waals surface area contributed by atoms with E-state index in [-0.39, 0.29) is 63.2 Å². The average Bonchev–Trinajstić information content (AvgIpc) is 3.61. The van der Waals surface area contributed by atoms with Gasteiger partial charge >= 0.3 is 11.9 Å². The number of aliphatic carboxylic acids is 1. The molecule has 0 saturated heterocycles. The summed E-state index contributed by atoms with van der Waals surface area (Å²) in [6.07, 6.45) is 9.85. The number of fused-ring (bicyclic) bond motifs is 7. The highest BCUT2D eigenvalue weighted by molar-refractivity contribution is 6.00. The van der Waals surface area contributed by atoms with Gasteiger partial charge in [-0.25, -0.2) is 0 Å². The Kier molecular flexibility index (Phi) is 8.47. The van der Waals surface area contributed by atoms with E-state index in [0.29, 0.717) is 18.9 Å². The van der Waals surface area contributed by atoms with Gasteiger partial charge in [0.1, 0.15) is 6.10 Å². The van der Waals surface area contributed by atoms with Gasteiger partial charge < -0.3 is 14.9 Å². The molecule has 0 amide bonds. The molecular weight excluding hydrogens is 663 g/mol. The van der Waals surface area contributed by atoms with Crippen molar-refractivity contribution in [1.29, 1.82) is 0 Å². The number of carboxylic acid groups (broad SMARTS) is 1. The third-order valence-corrected chi connectivity index (χ3v) is 18.1. The summed E-state index contributed by atoms with van der Waals surface area (Å²) in [6, 6.07) is 8.69. The molecule has 1 spiro atoms. The van der Waals surface area contributed by atoms with Crippen LogP contribution in [0.15, 0.2) is 35.4 Å². The molecule has 5 saturated carbocycles. The molecular formula is C46H65NO6. The van der Waals surface area contributed by atoms with Crippen molar-refractivity contribution in [3.05, 3.63) is 46.5 Å². The molecule has 290 valence electrons. The normalized spacial score (nSPS) is 42.5. The van der Waals surface area contributed by atoms with Crippen molar-refractivity contribution in [2.75, 3.05) is 13.1 Å². The lowest BCUT2D eigenvalue weighted by atomic mass is 9.33. The highest BCUT2D eigenvalue weighted by Gasteiger charge is 2.82. The predicted octanol–water partition coefficient (Wildman–Crippen LogP) is 8.55. The van der Waals surface area contributed by atoms with E-state index >= 15 is 0 Å². The molecule has 1 heterocycles. The third kappa shape index (κ3) is 4.99. The number of Topliss-reactive ketones (excluding diaryl/α,β-unsaturated/α-hetero) is 1. The van der Waals surface area contributed by atoms with Crippen LogP contribution in [0.1, 0.15) is 137 Å². The second-order valence-electron chi connectivity index (χ2n) is 21.0. The van der Waals surface area contributed by atoms with Crippen molar-refractivity contribution in [2.45, 2.75) is 151 Å². The molecule has 1 aromatic carbocycles. The van der Waals surface area contributed by atoms with Crippen molar-refractivity contribution >= 4 is 17.7 Å². The Labute approximate surface area is 317 Å². The first-order chi connectivity index (χ1) is 24.8. The van der Waals surface area contributed by atoms with Gasteiger partial charge in [-0.1, -0.05) is 71.4 Å². The average molecular weight is 728 g/mol. The van der Waals surface area contributed by atoms with Gasteiger partial charge in [-0.2, -0.15) is 0 Å². The quantitative estimate of drug-likeness (QED) is 0.259. The van der Waals surface area contributed by atoms with Gasteiger partial charge in [-0.15, -0.1) is 0 Å². The lowest BCUT2D eigenvalue weighted by Crippen LogP contribution is -2.65. The first kappa shape index (κ1) is 37.4. The monoisotopic (exact) mass is 727 g/mol. The Hall–Kier alpha value is -2.51. The fraction of sp³-hybridized carbons (Fsp3) is 0.761. The first-order valence-corrected chi connectivity index (χ1v) is 21.0. The molecule has 7 nitrogen and oxygen atoms in total. The number of allylic oxidation sites excluding steroid dienone is 1. The largest absolute Gasteiger partial charge is 0.481 e. The van der Waals surface area contributed by atoms with Crippen LogP contribution in [0, 0.1) is 55.7 Å². The Morgan fingerprint density at radius 1 is 0.925 bits per heavy atom. The van der Waals surface area contributed by atoms with Crippen LogP contribution < -0.4 is 0 Å². The summed E-state index contributed by atoms with van der Waals surface area (Å²) < 4.78 is 6.22. The molecule has 10 atom stereocenters. The highest BCUT2D eigenvalue weighted by Crippen LogP contribution is 2.87. The smallest absolute Gasteiger partial charge is 0.309 e. The number of rotatable bonds is 8. The summed E-state index contributed by atoms with van der Waals surface area (Å²) in [4.78, 5) is 41.5. The van der Waals surface area contributed by atoms with E-state index in [9.17, 15) is 24.6 Å². The van der Waals surface area contributed by atoms with E-state index in [4.69, 9.17) is 4.74 Å². The molecule has 0 aromatic heterocycles. The van der Waals surface area contributed by atoms with E-state index in [1.165, 1.54) is 16.7 Å². The lowest BCUT2D eigenvalue weighted by Gasteiger charge is -2.71. The minimum Gasteiger partial charge on any atom is -0.481 e. The Bertz CT molecular complexity index is 1760. The van der Waals surface area contributed by atoms with Crippen molar-refractivity contribution in [3.63, 3.8) is 0 Å². The summed E-state index contributed by atoms with van der Waals surface area (Å²) in [5, 5.41) is 22.1. The SMILES string of the molecule is CC(C)C1=C2[C@H]3CC[C@@H]4[C@@]5(C)CC[C@H](OC(=O)CC(C)(C)C(=O)O)C6(C)C[C@]65CC[C@@]4(C)[C@]3(C)CCC2(C(O)CN2CCc3ccccc3C2)CC1=O. The molecule has 5 fully saturated rings. The topological polar surface area (TPSA) is 104 Å². The number of carbonyl (C=O) groups is 3. The second kappa shape index (κ2) is 12.0. The maximum absolute atomic E-state index is 14.2. The van der Waals surface area contributed by atoms with Gasteiger partial charge in [-0.3, -0.25) is 19.3 Å². The number of ether oxygens (including phenoxy) is 1. The van der Waals surface area contributed by atoms with Crippen LogP contribution in [0.4, 0.5) is 0 Å². The molecule has 1 aliphatic heterocycles. The number of hydrogen-bond donors (Lipinski definition) is 2. The van der Waals surface area contributed by atoms with Crippen molar-refractivity contribution in [1.82, 2.24) is 4.90 Å². The van der Waals surface area contributed by atoms with Crippen molar-refractivity contribution in [2.24, 2.45) is 55.7 Å². The molecule has 6 aliphatic carbocycles. The fourth-order valence-corrected chi connectivity index (χ4v) is 14.8. The number of aliphatic hydroxyl groups excluding tert-OH is 1. The molecule has 0 radical (unpaired) electrons. The minimum absolute atomic E-state index is 0.0188. The maximum Gasteiger partial charge on any atom is 0.309 e. The summed E-state index contributed by atoms with van der Waals surface area (Å²) in [5.74, 6) is -0.133. The summed E-state index contributed by atoms with van der Waals surface area (Å²) in [6.45, 7) is 20.1. The van der Waals surface area contributed by atoms with Crippen molar-refractivity contribution in [3.8, 4) is 0 Å². The number of carboxylic acids is 1. The van der Waals surface area contributed by atoms with E-state index in [1.54, 1.807) is 13.8 Å². The number of hydrogen-bond acceptors (Lipinski definition) is 6. The maximum atomic E-state index is 14.2. The standard InChI is InChI=1S/C46H65NO6/c1-28(2)37-32(48)23-45(34(49)26-47-22-16-29-11-9-10-12-30(29)25-47)20-18-41(5)31(38(37)45)13-14-33-42(41,6)19-21-46-27-44(46,8)35(15-17-43(33,46)7)53-36(50)24-40(3,4)39(51)52/h9-12,28,31,33-35,49H,13-27H2,1-8H3,(H,51,52)/t31-,33+,34?,35+,41-,42-,43-,44?,45?,46+/m1/s1. The van der Waals surface area contributed by atoms with Gasteiger partial charge in [-0.05, 0) is 134 Å². The van der Waals surface area contributed by atoms with E-state index in [1.807, 2.05) is 0 Å². The Balaban J connectivity index is 1.07. The van der Waals surface area contributed by atoms with E-state index in [0.717, 1.165) is 82.9 Å². The van der Waals surface area contributed by atoms with Crippen LogP contribution in [0.3, 0.4) is 0 Å². The number of esters is 1. The zero-order valence-corrected chi connectivity index (χ0v) is 33.8. The number of ketones is 1. The molecule has 2 N–H and O–H groups in total. The Morgan fingerprint density at radius 2 is 1.62 bits per heavy atom. The number of nitrogens with zero attached hydrogens (tertiary/aromatic N) is 1. The lowest BCUT2D eigenvalue weighted by molar-refractivity contribution is -0.221. The number of carbonyl (C=O) groups excluding carboxylic acids is 2. The first-order valence-electron chi connectivity index (χ1n) is 21.0. The Morgan fingerprint density at radius 3 is 2.32 bits per heavy atom. The predicted molar refractivity (Wildman–Crippen MR) is 205 cm³/mol. The second-order valence-corrected chi connectivity index (χ2v) is 21.0. The molecule has 7 aliphatic rings. The minimum atomic E-state index is -1.15. The number of aliphatic hydroxyl groups is 1. The number of β-amino-alcohol motifs (C(OH)–C–C–N with tert-alkyl or cyclic N) is 1. The van der Waals surface area contributed by atoms with Gasteiger partial charge in [0.25, 0.3) is 0 Å². The van der Waals surface area contributed by atoms with Gasteiger partial charge in [0.2, 0.25) is 0 Å². The van der Waals surface area contributed by atoms with E-state index in [2.05, 4.69) is 70.7 Å². The van der Waals surface area contributed by atoms with Crippen LogP contribution >= 0.6 is 0 Å². The fourth-order valence-electron chi connectivity index (χ4n) is 14.8. The van der Waals surface area contributed by atoms with Gasteiger partial charge in [0, 0.05) is 36.9 Å². The molecule has 1 aromatic rings. The van der Waals surface area contributed by atoms with Crippen LogP contribution in [-0.2, 0) is 32.1 Å². The van der Waals surface area contributed by atoms with Gasteiger partial charge in [0.15, 0.2) is 5.78 Å². The van der Waals surface area contributed by atoms with E-state index < -0.39 is 22.9 Å². The molecule has 7 heteroatoms. The zero-order chi connectivity index (χ0) is 38.1. The van der Waals surface area contributed by atoms with Crippen LogP contribution in [-0.4, -0.2) is 58.1 Å². The van der Waals surface area contributed by atoms with Crippen LogP contribution in [0.25, 0.3) is 0 Å². The van der Waals surface area contributed by atoms with Crippen molar-refractivity contribution < 1.29 is 29.3 Å².